The van der Waals surface area contributed by atoms with Crippen molar-refractivity contribution in [1.82, 2.24) is 14.7 Å². The lowest BCUT2D eigenvalue weighted by molar-refractivity contribution is 0.0953. The number of Topliss-reactive ketones (excluding diaryl/α,β-unsaturated/α-hetero) is 1. The van der Waals surface area contributed by atoms with Gasteiger partial charge in [0.05, 0.1) is 22.0 Å². The number of hydrogen-bond donors (Lipinski definition) is 1. The van der Waals surface area contributed by atoms with E-state index in [9.17, 15) is 9.59 Å². The number of nitrogens with zero attached hydrogens (tertiary/aromatic N) is 2. The zero-order chi connectivity index (χ0) is 20.8. The van der Waals surface area contributed by atoms with Crippen LogP contribution in [0.1, 0.15) is 33.6 Å². The molecule has 152 valence electrons. The first-order valence-electron chi connectivity index (χ1n) is 9.87. The second kappa shape index (κ2) is 7.34. The summed E-state index contributed by atoms with van der Waals surface area (Å²) in [5.74, 6) is 0.420. The molecule has 2 atom stereocenters. The standard InChI is InChI=1S/C23H21N3O3S/c1-24-22(28)14-5-3-13(4-6-14)17-12-26-18-8-7-15(11-21(18)30-23(26)25-17)19(27)9-16-10-20(16)29-2/h3-8,11-12,16,20H,9-10H2,1-2H3,(H,24,28). The highest BCUT2D eigenvalue weighted by Crippen LogP contribution is 2.37. The molecule has 7 heteroatoms. The average molecular weight is 420 g/mol. The number of amides is 1. The predicted octanol–water partition coefficient (Wildman–Crippen LogP) is 4.18. The fourth-order valence-electron chi connectivity index (χ4n) is 3.83. The first-order valence-corrected chi connectivity index (χ1v) is 10.7. The molecule has 4 aromatic rings. The lowest BCUT2D eigenvalue weighted by Gasteiger charge is -2.02. The first kappa shape index (κ1) is 19.0. The summed E-state index contributed by atoms with van der Waals surface area (Å²) in [6.07, 6.45) is 3.76. The van der Waals surface area contributed by atoms with Crippen LogP contribution in [-0.4, -0.2) is 41.3 Å². The van der Waals surface area contributed by atoms with E-state index in [-0.39, 0.29) is 17.8 Å². The Bertz CT molecular complexity index is 1270. The van der Waals surface area contributed by atoms with Crippen molar-refractivity contribution in [3.8, 4) is 11.3 Å². The second-order valence-corrected chi connectivity index (χ2v) is 8.63. The minimum atomic E-state index is -0.108. The monoisotopic (exact) mass is 419 g/mol. The molecule has 1 aliphatic carbocycles. The normalized spacial score (nSPS) is 18.1. The summed E-state index contributed by atoms with van der Waals surface area (Å²) in [4.78, 5) is 29.9. The molecule has 0 bridgehead atoms. The summed E-state index contributed by atoms with van der Waals surface area (Å²) >= 11 is 1.57. The topological polar surface area (TPSA) is 72.7 Å². The van der Waals surface area contributed by atoms with Gasteiger partial charge in [0.15, 0.2) is 10.7 Å². The van der Waals surface area contributed by atoms with Crippen molar-refractivity contribution in [1.29, 1.82) is 0 Å². The molecule has 0 spiro atoms. The van der Waals surface area contributed by atoms with Crippen LogP contribution >= 0.6 is 11.3 Å². The SMILES string of the molecule is CNC(=O)c1ccc(-c2cn3c(n2)sc2cc(C(=O)CC4CC4OC)ccc23)cc1. The van der Waals surface area contributed by atoms with Gasteiger partial charge in [-0.25, -0.2) is 4.98 Å². The molecule has 1 N–H and O–H groups in total. The third kappa shape index (κ3) is 3.30. The highest BCUT2D eigenvalue weighted by atomic mass is 32.1. The fraction of sp³-hybridized carbons (Fsp3) is 0.261. The van der Waals surface area contributed by atoms with Gasteiger partial charge in [0.1, 0.15) is 0 Å². The Morgan fingerprint density at radius 2 is 1.97 bits per heavy atom. The number of thiazole rings is 1. The van der Waals surface area contributed by atoms with E-state index in [0.717, 1.165) is 38.4 Å². The fourth-order valence-corrected chi connectivity index (χ4v) is 4.88. The number of hydrogen-bond acceptors (Lipinski definition) is 5. The zero-order valence-electron chi connectivity index (χ0n) is 16.7. The van der Waals surface area contributed by atoms with Gasteiger partial charge in [-0.1, -0.05) is 23.5 Å². The van der Waals surface area contributed by atoms with Crippen molar-refractivity contribution in [3.05, 3.63) is 59.8 Å². The highest BCUT2D eigenvalue weighted by Gasteiger charge is 2.38. The van der Waals surface area contributed by atoms with Crippen LogP contribution in [0.15, 0.2) is 48.7 Å². The predicted molar refractivity (Wildman–Crippen MR) is 117 cm³/mol. The molecule has 1 amide bonds. The second-order valence-electron chi connectivity index (χ2n) is 7.62. The van der Waals surface area contributed by atoms with E-state index in [4.69, 9.17) is 9.72 Å². The summed E-state index contributed by atoms with van der Waals surface area (Å²) in [6, 6.07) is 13.3. The van der Waals surface area contributed by atoms with Gasteiger partial charge in [0, 0.05) is 43.5 Å². The molecule has 0 radical (unpaired) electrons. The number of carbonyl (C=O) groups is 2. The van der Waals surface area contributed by atoms with Gasteiger partial charge in [0.2, 0.25) is 0 Å². The Labute approximate surface area is 177 Å². The molecular weight excluding hydrogens is 398 g/mol. The zero-order valence-corrected chi connectivity index (χ0v) is 17.5. The summed E-state index contributed by atoms with van der Waals surface area (Å²) < 4.78 is 8.40. The number of methoxy groups -OCH3 is 1. The summed E-state index contributed by atoms with van der Waals surface area (Å²) in [5.41, 5.74) is 4.21. The van der Waals surface area contributed by atoms with Crippen LogP contribution in [0.4, 0.5) is 0 Å². The lowest BCUT2D eigenvalue weighted by Crippen LogP contribution is -2.17. The number of nitrogens with one attached hydrogen (secondary N) is 1. The maximum Gasteiger partial charge on any atom is 0.251 e. The van der Waals surface area contributed by atoms with Gasteiger partial charge in [-0.15, -0.1) is 0 Å². The first-order chi connectivity index (χ1) is 14.6. The number of benzene rings is 2. The Balaban J connectivity index is 1.42. The summed E-state index contributed by atoms with van der Waals surface area (Å²) in [5, 5.41) is 2.62. The number of imidazole rings is 1. The van der Waals surface area contributed by atoms with Crippen LogP contribution in [0.5, 0.6) is 0 Å². The van der Waals surface area contributed by atoms with Crippen LogP contribution < -0.4 is 5.32 Å². The Hall–Kier alpha value is -3.03. The molecule has 0 aliphatic heterocycles. The van der Waals surface area contributed by atoms with Gasteiger partial charge in [-0.2, -0.15) is 0 Å². The molecule has 1 saturated carbocycles. The number of rotatable bonds is 6. The number of ether oxygens (including phenoxy) is 1. The average Bonchev–Trinajstić information content (AvgIpc) is 3.25. The molecule has 2 aromatic heterocycles. The number of carbonyl (C=O) groups excluding carboxylic acids is 2. The van der Waals surface area contributed by atoms with E-state index in [2.05, 4.69) is 9.72 Å². The van der Waals surface area contributed by atoms with Crippen molar-refractivity contribution in [2.75, 3.05) is 14.2 Å². The Morgan fingerprint density at radius 3 is 2.67 bits per heavy atom. The molecule has 0 saturated heterocycles. The molecule has 30 heavy (non-hydrogen) atoms. The lowest BCUT2D eigenvalue weighted by atomic mass is 10.1. The molecule has 2 heterocycles. The van der Waals surface area contributed by atoms with E-state index in [1.165, 1.54) is 0 Å². The molecule has 2 unspecified atom stereocenters. The van der Waals surface area contributed by atoms with Gasteiger partial charge >= 0.3 is 0 Å². The smallest absolute Gasteiger partial charge is 0.251 e. The molecule has 2 aromatic carbocycles. The third-order valence-corrected chi connectivity index (χ3v) is 6.71. The Kier molecular flexibility index (Phi) is 4.64. The van der Waals surface area contributed by atoms with Gasteiger partial charge < -0.3 is 10.1 Å². The quantitative estimate of drug-likeness (QED) is 0.476. The Morgan fingerprint density at radius 1 is 1.20 bits per heavy atom. The minimum Gasteiger partial charge on any atom is -0.381 e. The van der Waals surface area contributed by atoms with Crippen LogP contribution in [0.2, 0.25) is 0 Å². The van der Waals surface area contributed by atoms with Crippen molar-refractivity contribution >= 4 is 38.2 Å². The summed E-state index contributed by atoms with van der Waals surface area (Å²) in [7, 11) is 3.32. The molecular formula is C23H21N3O3S. The van der Waals surface area contributed by atoms with E-state index >= 15 is 0 Å². The van der Waals surface area contributed by atoms with Crippen molar-refractivity contribution < 1.29 is 14.3 Å². The largest absolute Gasteiger partial charge is 0.381 e. The molecule has 1 aliphatic rings. The van der Waals surface area contributed by atoms with Gasteiger partial charge in [0.25, 0.3) is 5.91 Å². The van der Waals surface area contributed by atoms with Crippen LogP contribution in [-0.2, 0) is 4.74 Å². The van der Waals surface area contributed by atoms with Crippen LogP contribution in [0, 0.1) is 5.92 Å². The van der Waals surface area contributed by atoms with Crippen LogP contribution in [0.3, 0.4) is 0 Å². The van der Waals surface area contributed by atoms with Crippen molar-refractivity contribution in [3.63, 3.8) is 0 Å². The number of aromatic nitrogens is 2. The minimum absolute atomic E-state index is 0.108. The van der Waals surface area contributed by atoms with E-state index < -0.39 is 0 Å². The van der Waals surface area contributed by atoms with E-state index in [1.54, 1.807) is 37.6 Å². The molecule has 5 rings (SSSR count). The van der Waals surface area contributed by atoms with E-state index in [1.807, 2.05) is 36.5 Å². The maximum absolute atomic E-state index is 12.6. The van der Waals surface area contributed by atoms with Crippen molar-refractivity contribution in [2.24, 2.45) is 5.92 Å². The van der Waals surface area contributed by atoms with E-state index in [0.29, 0.717) is 17.9 Å². The number of ketones is 1. The van der Waals surface area contributed by atoms with Gasteiger partial charge in [-0.3, -0.25) is 14.0 Å². The highest BCUT2D eigenvalue weighted by molar-refractivity contribution is 7.23. The molecule has 6 nitrogen and oxygen atoms in total. The maximum atomic E-state index is 12.6. The van der Waals surface area contributed by atoms with Crippen LogP contribution in [0.25, 0.3) is 26.4 Å². The number of fused-ring (bicyclic) bond motifs is 3. The molecule has 1 fully saturated rings. The van der Waals surface area contributed by atoms with Gasteiger partial charge in [-0.05, 0) is 42.7 Å². The van der Waals surface area contributed by atoms with Crippen molar-refractivity contribution in [2.45, 2.75) is 18.9 Å². The third-order valence-electron chi connectivity index (χ3n) is 5.69. The summed E-state index contributed by atoms with van der Waals surface area (Å²) in [6.45, 7) is 0.